The fourth-order valence-corrected chi connectivity index (χ4v) is 3.12. The Morgan fingerprint density at radius 1 is 1.47 bits per heavy atom. The van der Waals surface area contributed by atoms with Crippen LogP contribution in [0.25, 0.3) is 0 Å². The van der Waals surface area contributed by atoms with Gasteiger partial charge in [0.1, 0.15) is 11.6 Å². The number of hydrogen-bond acceptors (Lipinski definition) is 6. The van der Waals surface area contributed by atoms with Crippen LogP contribution in [-0.4, -0.2) is 16.5 Å². The number of rotatable bonds is 2. The monoisotopic (exact) mass is 276 g/mol. The molecular weight excluding hydrogens is 264 g/mol. The molecule has 1 aliphatic heterocycles. The average Bonchev–Trinajstić information content (AvgIpc) is 2.85. The van der Waals surface area contributed by atoms with Crippen molar-refractivity contribution in [1.29, 1.82) is 0 Å². The van der Waals surface area contributed by atoms with E-state index >= 15 is 0 Å². The molecule has 0 aliphatic carbocycles. The second-order valence-corrected chi connectivity index (χ2v) is 5.41. The minimum atomic E-state index is -0.443. The lowest BCUT2D eigenvalue weighted by molar-refractivity contribution is -0.384. The molecule has 0 unspecified atom stereocenters. The zero-order valence-corrected chi connectivity index (χ0v) is 10.9. The molecule has 0 saturated heterocycles. The first-order valence-corrected chi connectivity index (χ1v) is 6.73. The summed E-state index contributed by atoms with van der Waals surface area (Å²) in [5, 5.41) is 12.9. The second kappa shape index (κ2) is 4.51. The summed E-state index contributed by atoms with van der Waals surface area (Å²) in [6, 6.07) is 4.85. The first kappa shape index (κ1) is 11.9. The largest absolute Gasteiger partial charge is 0.383 e. The van der Waals surface area contributed by atoms with Gasteiger partial charge in [-0.2, -0.15) is 0 Å². The van der Waals surface area contributed by atoms with Crippen molar-refractivity contribution >= 4 is 28.7 Å². The van der Waals surface area contributed by atoms with Gasteiger partial charge in [0.2, 0.25) is 0 Å². The molecule has 0 radical (unpaired) electrons. The Hall–Kier alpha value is -2.15. The number of nitrogens with zero attached hydrogens (tertiary/aromatic N) is 3. The van der Waals surface area contributed by atoms with Crippen molar-refractivity contribution in [2.75, 3.05) is 17.2 Å². The average molecular weight is 276 g/mol. The van der Waals surface area contributed by atoms with Crippen LogP contribution in [0.1, 0.15) is 10.4 Å². The van der Waals surface area contributed by atoms with Crippen molar-refractivity contribution in [3.63, 3.8) is 0 Å². The number of nitrogens with two attached hydrogens (primary N) is 1. The van der Waals surface area contributed by atoms with E-state index in [0.29, 0.717) is 5.82 Å². The maximum atomic E-state index is 10.9. The second-order valence-electron chi connectivity index (χ2n) is 4.41. The highest BCUT2D eigenvalue weighted by Gasteiger charge is 2.20. The standard InChI is InChI=1S/C12H12N4O2S/c13-11-5-9(16(17)18)6-12(14-11)15-3-1-10-8(7-15)2-4-19-10/h2,4-6H,1,3,7H2,(H2,13,14). The summed E-state index contributed by atoms with van der Waals surface area (Å²) in [6.45, 7) is 1.54. The molecule has 0 bridgehead atoms. The van der Waals surface area contributed by atoms with Crippen LogP contribution in [0, 0.1) is 10.1 Å². The van der Waals surface area contributed by atoms with Crippen LogP contribution in [0.15, 0.2) is 23.6 Å². The van der Waals surface area contributed by atoms with E-state index in [4.69, 9.17) is 5.73 Å². The van der Waals surface area contributed by atoms with E-state index in [1.807, 2.05) is 4.90 Å². The highest BCUT2D eigenvalue weighted by Crippen LogP contribution is 2.29. The van der Waals surface area contributed by atoms with E-state index in [9.17, 15) is 10.1 Å². The molecule has 0 fully saturated rings. The Kier molecular flexibility index (Phi) is 2.83. The summed E-state index contributed by atoms with van der Waals surface area (Å²) in [5.41, 5.74) is 6.89. The third-order valence-electron chi connectivity index (χ3n) is 3.16. The number of anilines is 2. The Labute approximate surface area is 113 Å². The zero-order valence-electron chi connectivity index (χ0n) is 10.1. The molecule has 2 aromatic heterocycles. The summed E-state index contributed by atoms with van der Waals surface area (Å²) < 4.78 is 0. The van der Waals surface area contributed by atoms with Crippen LogP contribution in [0.2, 0.25) is 0 Å². The number of hydrogen-bond donors (Lipinski definition) is 1. The van der Waals surface area contributed by atoms with Gasteiger partial charge in [-0.05, 0) is 23.4 Å². The van der Waals surface area contributed by atoms with Gasteiger partial charge in [-0.1, -0.05) is 0 Å². The topological polar surface area (TPSA) is 85.3 Å². The Morgan fingerprint density at radius 2 is 2.32 bits per heavy atom. The maximum absolute atomic E-state index is 10.9. The van der Waals surface area contributed by atoms with E-state index in [0.717, 1.165) is 19.5 Å². The van der Waals surface area contributed by atoms with E-state index in [1.165, 1.54) is 22.6 Å². The predicted octanol–water partition coefficient (Wildman–Crippen LogP) is 2.20. The molecule has 0 amide bonds. The third-order valence-corrected chi connectivity index (χ3v) is 4.18. The fourth-order valence-electron chi connectivity index (χ4n) is 2.23. The first-order chi connectivity index (χ1) is 9.13. The molecule has 3 heterocycles. The quantitative estimate of drug-likeness (QED) is 0.671. The molecule has 19 heavy (non-hydrogen) atoms. The first-order valence-electron chi connectivity index (χ1n) is 5.85. The van der Waals surface area contributed by atoms with Crippen LogP contribution >= 0.6 is 11.3 Å². The fraction of sp³-hybridized carbons (Fsp3) is 0.250. The van der Waals surface area contributed by atoms with Crippen LogP contribution in [0.4, 0.5) is 17.3 Å². The summed E-state index contributed by atoms with van der Waals surface area (Å²) in [6.07, 6.45) is 0.942. The molecule has 98 valence electrons. The molecule has 0 atom stereocenters. The van der Waals surface area contributed by atoms with Gasteiger partial charge in [0.15, 0.2) is 0 Å². The minimum Gasteiger partial charge on any atom is -0.383 e. The summed E-state index contributed by atoms with van der Waals surface area (Å²) in [7, 11) is 0. The number of thiophene rings is 1. The molecule has 6 nitrogen and oxygen atoms in total. The number of nitrogen functional groups attached to an aromatic ring is 1. The van der Waals surface area contributed by atoms with Gasteiger partial charge in [0, 0.05) is 18.0 Å². The Morgan fingerprint density at radius 3 is 3.11 bits per heavy atom. The Balaban J connectivity index is 1.93. The molecule has 0 saturated carbocycles. The van der Waals surface area contributed by atoms with E-state index < -0.39 is 4.92 Å². The van der Waals surface area contributed by atoms with Gasteiger partial charge in [-0.25, -0.2) is 4.98 Å². The normalized spacial score (nSPS) is 14.2. The van der Waals surface area contributed by atoms with Gasteiger partial charge in [0.05, 0.1) is 17.1 Å². The smallest absolute Gasteiger partial charge is 0.276 e. The summed E-state index contributed by atoms with van der Waals surface area (Å²) in [5.74, 6) is 0.754. The van der Waals surface area contributed by atoms with Crippen LogP contribution in [0.3, 0.4) is 0 Å². The molecular formula is C12H12N4O2S. The zero-order chi connectivity index (χ0) is 13.4. The van der Waals surface area contributed by atoms with Crippen LogP contribution in [0.5, 0.6) is 0 Å². The maximum Gasteiger partial charge on any atom is 0.276 e. The van der Waals surface area contributed by atoms with Gasteiger partial charge < -0.3 is 10.6 Å². The molecule has 0 spiro atoms. The molecule has 1 aliphatic rings. The van der Waals surface area contributed by atoms with E-state index in [2.05, 4.69) is 16.4 Å². The molecule has 2 aromatic rings. The van der Waals surface area contributed by atoms with Crippen molar-refractivity contribution in [3.8, 4) is 0 Å². The molecule has 7 heteroatoms. The van der Waals surface area contributed by atoms with Crippen molar-refractivity contribution in [3.05, 3.63) is 44.1 Å². The minimum absolute atomic E-state index is 0.0152. The molecule has 2 N–H and O–H groups in total. The molecule has 0 aromatic carbocycles. The van der Waals surface area contributed by atoms with Gasteiger partial charge in [-0.3, -0.25) is 10.1 Å². The van der Waals surface area contributed by atoms with Gasteiger partial charge in [-0.15, -0.1) is 11.3 Å². The van der Waals surface area contributed by atoms with Crippen LogP contribution < -0.4 is 10.6 Å². The van der Waals surface area contributed by atoms with Crippen molar-refractivity contribution in [2.24, 2.45) is 0 Å². The number of nitro groups is 1. The highest BCUT2D eigenvalue weighted by atomic mass is 32.1. The summed E-state index contributed by atoms with van der Waals surface area (Å²) >= 11 is 1.75. The van der Waals surface area contributed by atoms with Crippen molar-refractivity contribution < 1.29 is 4.92 Å². The third kappa shape index (κ3) is 2.24. The van der Waals surface area contributed by atoms with Gasteiger partial charge >= 0.3 is 0 Å². The van der Waals surface area contributed by atoms with E-state index in [1.54, 1.807) is 11.3 Å². The lowest BCUT2D eigenvalue weighted by Gasteiger charge is -2.27. The lowest BCUT2D eigenvalue weighted by atomic mass is 10.1. The Bertz CT molecular complexity index is 640. The highest BCUT2D eigenvalue weighted by molar-refractivity contribution is 7.10. The predicted molar refractivity (Wildman–Crippen MR) is 74.4 cm³/mol. The lowest BCUT2D eigenvalue weighted by Crippen LogP contribution is -2.30. The van der Waals surface area contributed by atoms with Crippen molar-refractivity contribution in [2.45, 2.75) is 13.0 Å². The van der Waals surface area contributed by atoms with Crippen LogP contribution in [-0.2, 0) is 13.0 Å². The SMILES string of the molecule is Nc1cc([N+](=O)[O-])cc(N2CCc3sccc3C2)n1. The number of aromatic nitrogens is 1. The molecule has 3 rings (SSSR count). The summed E-state index contributed by atoms with van der Waals surface area (Å²) in [4.78, 5) is 18.0. The number of pyridine rings is 1. The number of fused-ring (bicyclic) bond motifs is 1. The van der Waals surface area contributed by atoms with E-state index in [-0.39, 0.29) is 11.5 Å². The van der Waals surface area contributed by atoms with Gasteiger partial charge in [0.25, 0.3) is 5.69 Å². The van der Waals surface area contributed by atoms with Crippen molar-refractivity contribution in [1.82, 2.24) is 4.98 Å².